The molecule has 6 rings (SSSR count). The third kappa shape index (κ3) is 5.90. The van der Waals surface area contributed by atoms with Crippen molar-refractivity contribution in [3.05, 3.63) is 108 Å². The van der Waals surface area contributed by atoms with Gasteiger partial charge in [-0.15, -0.1) is 0 Å². The molecular weight excluding hydrogens is 576 g/mol. The Morgan fingerprint density at radius 3 is 2.18 bits per heavy atom. The van der Waals surface area contributed by atoms with Gasteiger partial charge in [0.15, 0.2) is 17.0 Å². The minimum absolute atomic E-state index is 0.0671. The number of hydrogen-bond acceptors (Lipinski definition) is 10. The van der Waals surface area contributed by atoms with Gasteiger partial charge in [-0.05, 0) is 41.0 Å². The molecular formula is C33H34N6O6. The van der Waals surface area contributed by atoms with Crippen molar-refractivity contribution in [2.24, 2.45) is 5.73 Å². The quantitative estimate of drug-likeness (QED) is 0.179. The molecule has 1 fully saturated rings. The van der Waals surface area contributed by atoms with Gasteiger partial charge < -0.3 is 35.1 Å². The van der Waals surface area contributed by atoms with Crippen LogP contribution in [-0.2, 0) is 19.9 Å². The fourth-order valence-corrected chi connectivity index (χ4v) is 5.68. The van der Waals surface area contributed by atoms with E-state index in [9.17, 15) is 9.90 Å². The van der Waals surface area contributed by atoms with Crippen LogP contribution >= 0.6 is 0 Å². The molecule has 45 heavy (non-hydrogen) atoms. The lowest BCUT2D eigenvalue weighted by Crippen LogP contribution is -2.38. The summed E-state index contributed by atoms with van der Waals surface area (Å²) >= 11 is 0. The van der Waals surface area contributed by atoms with Crippen LogP contribution in [0.3, 0.4) is 0 Å². The molecule has 3 aromatic carbocycles. The lowest BCUT2D eigenvalue weighted by atomic mass is 9.80. The number of carbonyl (C=O) groups is 1. The molecule has 232 valence electrons. The average molecular weight is 611 g/mol. The minimum atomic E-state index is -1.06. The summed E-state index contributed by atoms with van der Waals surface area (Å²) in [7, 11) is 3.26. The fraction of sp³-hybridized carbons (Fsp3) is 0.273. The van der Waals surface area contributed by atoms with Crippen LogP contribution in [0.15, 0.2) is 91.5 Å². The number of nitrogens with zero attached hydrogens (tertiary/aromatic N) is 4. The Kier molecular flexibility index (Phi) is 8.60. The van der Waals surface area contributed by atoms with Crippen LogP contribution in [0.2, 0.25) is 0 Å². The Morgan fingerprint density at radius 2 is 1.58 bits per heavy atom. The van der Waals surface area contributed by atoms with E-state index in [2.05, 4.69) is 20.3 Å². The SMILES string of the molecule is COc1ccc(C(OC[C@H]2O[C@@H](n3cnc4c(NCC(N)=O)ncnc43)C[C@@H]2O)(c2ccccc2)c2ccc(OC)cc2)cc1. The Morgan fingerprint density at radius 1 is 0.956 bits per heavy atom. The summed E-state index contributed by atoms with van der Waals surface area (Å²) in [5, 5.41) is 14.1. The number of primary amides is 1. The van der Waals surface area contributed by atoms with E-state index < -0.39 is 29.9 Å². The normalized spacial score (nSPS) is 18.2. The molecule has 0 unspecified atom stereocenters. The summed E-state index contributed by atoms with van der Waals surface area (Å²) < 4.78 is 26.0. The first-order valence-electron chi connectivity index (χ1n) is 14.4. The maximum atomic E-state index is 11.3. The summed E-state index contributed by atoms with van der Waals surface area (Å²) in [6.45, 7) is -0.0275. The number of amides is 1. The topological polar surface area (TPSA) is 156 Å². The molecule has 1 aliphatic heterocycles. The summed E-state index contributed by atoms with van der Waals surface area (Å²) in [5.74, 6) is 1.29. The summed E-state index contributed by atoms with van der Waals surface area (Å²) in [6.07, 6.45) is 1.18. The molecule has 3 atom stereocenters. The molecule has 12 heteroatoms. The van der Waals surface area contributed by atoms with E-state index in [0.29, 0.717) is 17.0 Å². The Hall–Kier alpha value is -5.04. The molecule has 1 saturated heterocycles. The van der Waals surface area contributed by atoms with E-state index in [0.717, 1.165) is 28.2 Å². The predicted octanol–water partition coefficient (Wildman–Crippen LogP) is 3.40. The van der Waals surface area contributed by atoms with Crippen LogP contribution in [0, 0.1) is 0 Å². The third-order valence-corrected chi connectivity index (χ3v) is 7.94. The lowest BCUT2D eigenvalue weighted by molar-refractivity contribution is -0.116. The minimum Gasteiger partial charge on any atom is -0.497 e. The van der Waals surface area contributed by atoms with Gasteiger partial charge in [0.05, 0.1) is 39.8 Å². The number of aromatic nitrogens is 4. The molecule has 0 radical (unpaired) electrons. The second kappa shape index (κ2) is 12.9. The molecule has 0 saturated carbocycles. The van der Waals surface area contributed by atoms with Crippen molar-refractivity contribution >= 4 is 22.9 Å². The van der Waals surface area contributed by atoms with Gasteiger partial charge in [-0.3, -0.25) is 9.36 Å². The smallest absolute Gasteiger partial charge is 0.236 e. The first kappa shape index (κ1) is 30.0. The molecule has 3 heterocycles. The van der Waals surface area contributed by atoms with Gasteiger partial charge in [-0.2, -0.15) is 0 Å². The van der Waals surface area contributed by atoms with Gasteiger partial charge >= 0.3 is 0 Å². The van der Waals surface area contributed by atoms with Gasteiger partial charge in [-0.1, -0.05) is 54.6 Å². The molecule has 4 N–H and O–H groups in total. The number of benzene rings is 3. The summed E-state index contributed by atoms with van der Waals surface area (Å²) in [4.78, 5) is 24.3. The Balaban J connectivity index is 1.32. The Bertz CT molecular complexity index is 1700. The van der Waals surface area contributed by atoms with Crippen LogP contribution in [0.25, 0.3) is 11.2 Å². The monoisotopic (exact) mass is 610 g/mol. The largest absolute Gasteiger partial charge is 0.497 e. The van der Waals surface area contributed by atoms with E-state index in [1.54, 1.807) is 25.1 Å². The second-order valence-electron chi connectivity index (χ2n) is 10.6. The first-order chi connectivity index (χ1) is 21.9. The zero-order chi connectivity index (χ0) is 31.4. The van der Waals surface area contributed by atoms with Gasteiger partial charge in [0.2, 0.25) is 5.91 Å². The number of hydrogen-bond donors (Lipinski definition) is 3. The molecule has 2 aromatic heterocycles. The Labute approximate surface area is 259 Å². The fourth-order valence-electron chi connectivity index (χ4n) is 5.68. The third-order valence-electron chi connectivity index (χ3n) is 7.94. The van der Waals surface area contributed by atoms with Crippen molar-refractivity contribution < 1.29 is 28.8 Å². The highest BCUT2D eigenvalue weighted by Crippen LogP contribution is 2.43. The van der Waals surface area contributed by atoms with E-state index in [1.165, 1.54) is 6.33 Å². The van der Waals surface area contributed by atoms with Crippen molar-refractivity contribution in [1.29, 1.82) is 0 Å². The molecule has 0 spiro atoms. The van der Waals surface area contributed by atoms with Gasteiger partial charge in [-0.25, -0.2) is 15.0 Å². The highest BCUT2D eigenvalue weighted by Gasteiger charge is 2.42. The lowest BCUT2D eigenvalue weighted by Gasteiger charge is -2.37. The molecule has 1 amide bonds. The van der Waals surface area contributed by atoms with E-state index in [1.807, 2.05) is 78.9 Å². The molecule has 0 bridgehead atoms. The number of anilines is 1. The van der Waals surface area contributed by atoms with Crippen molar-refractivity contribution in [1.82, 2.24) is 19.5 Å². The maximum absolute atomic E-state index is 11.3. The standard InChI is InChI=1S/C33H34N6O6/c1-42-24-12-8-22(9-13-24)33(21-6-4-3-5-7-21,23-10-14-25(43-2)15-11-23)44-18-27-26(40)16-29(45-27)39-20-38-30-31(35-17-28(34)41)36-19-37-32(30)39/h3-15,19-20,26-27,29,40H,16-18H2,1-2H3,(H2,34,41)(H,35,36,37)/t26-,27+,29+/m0/s1. The summed E-state index contributed by atoms with van der Waals surface area (Å²) in [6, 6.07) is 25.4. The number of imidazole rings is 1. The number of fused-ring (bicyclic) bond motifs is 1. The number of aliphatic hydroxyl groups excluding tert-OH is 1. The number of aliphatic hydroxyl groups is 1. The van der Waals surface area contributed by atoms with Crippen molar-refractivity contribution in [2.45, 2.75) is 30.5 Å². The van der Waals surface area contributed by atoms with Crippen molar-refractivity contribution in [2.75, 3.05) is 32.7 Å². The number of carbonyl (C=O) groups excluding carboxylic acids is 1. The van der Waals surface area contributed by atoms with Crippen LogP contribution in [0.4, 0.5) is 5.82 Å². The zero-order valence-corrected chi connectivity index (χ0v) is 24.9. The van der Waals surface area contributed by atoms with Gasteiger partial charge in [0.1, 0.15) is 35.8 Å². The second-order valence-corrected chi connectivity index (χ2v) is 10.6. The van der Waals surface area contributed by atoms with Crippen LogP contribution in [-0.4, -0.2) is 70.1 Å². The highest BCUT2D eigenvalue weighted by atomic mass is 16.6. The number of nitrogens with two attached hydrogens (primary N) is 1. The maximum Gasteiger partial charge on any atom is 0.236 e. The molecule has 5 aromatic rings. The predicted molar refractivity (Wildman–Crippen MR) is 166 cm³/mol. The molecule has 12 nitrogen and oxygen atoms in total. The van der Waals surface area contributed by atoms with E-state index in [-0.39, 0.29) is 19.6 Å². The summed E-state index contributed by atoms with van der Waals surface area (Å²) in [5.41, 5.74) is 7.81. The van der Waals surface area contributed by atoms with Crippen LogP contribution < -0.4 is 20.5 Å². The van der Waals surface area contributed by atoms with Gasteiger partial charge in [0.25, 0.3) is 0 Å². The average Bonchev–Trinajstić information content (AvgIpc) is 3.68. The van der Waals surface area contributed by atoms with E-state index >= 15 is 0 Å². The zero-order valence-electron chi connectivity index (χ0n) is 24.9. The van der Waals surface area contributed by atoms with Crippen LogP contribution in [0.5, 0.6) is 11.5 Å². The van der Waals surface area contributed by atoms with Crippen molar-refractivity contribution in [3.63, 3.8) is 0 Å². The molecule has 0 aliphatic carbocycles. The number of rotatable bonds is 12. The first-order valence-corrected chi connectivity index (χ1v) is 14.4. The van der Waals surface area contributed by atoms with Crippen molar-refractivity contribution in [3.8, 4) is 11.5 Å². The van der Waals surface area contributed by atoms with E-state index in [4.69, 9.17) is 24.7 Å². The van der Waals surface area contributed by atoms with Gasteiger partial charge in [0, 0.05) is 6.42 Å². The molecule has 1 aliphatic rings. The number of nitrogens with one attached hydrogen (secondary N) is 1. The van der Waals surface area contributed by atoms with Crippen LogP contribution in [0.1, 0.15) is 29.3 Å². The number of ether oxygens (including phenoxy) is 4. The number of methoxy groups -OCH3 is 2. The highest BCUT2D eigenvalue weighted by molar-refractivity contribution is 5.86.